The first-order valence-corrected chi connectivity index (χ1v) is 8.12. The Balaban J connectivity index is 1.86. The molecule has 3 aromatic rings. The zero-order chi connectivity index (χ0) is 17.7. The van der Waals surface area contributed by atoms with Crippen LogP contribution in [-0.2, 0) is 0 Å². The first kappa shape index (κ1) is 15.7. The summed E-state index contributed by atoms with van der Waals surface area (Å²) in [6, 6.07) is 6.91. The van der Waals surface area contributed by atoms with Gasteiger partial charge in [-0.2, -0.15) is 0 Å². The lowest BCUT2D eigenvalue weighted by Gasteiger charge is -2.15. The fourth-order valence-electron chi connectivity index (χ4n) is 2.81. The third-order valence-electron chi connectivity index (χ3n) is 4.09. The number of benzene rings is 2. The van der Waals surface area contributed by atoms with Gasteiger partial charge in [-0.3, -0.25) is 4.98 Å². The molecular formula is C18H16ClN3O3. The number of aryl methyl sites for hydroxylation is 1. The highest BCUT2D eigenvalue weighted by Gasteiger charge is 2.22. The number of aromatic nitrogens is 1. The monoisotopic (exact) mass is 357 g/mol. The minimum absolute atomic E-state index is 0.148. The van der Waals surface area contributed by atoms with Crippen molar-refractivity contribution in [1.82, 2.24) is 4.98 Å². The van der Waals surface area contributed by atoms with Gasteiger partial charge in [-0.05, 0) is 24.6 Å². The molecule has 0 radical (unpaired) electrons. The standard InChI is InChI=1S/C18H16ClN3O3/c1-8-3-11(19)14(5-15(8)23)22-18-10-4-16-17(25-9(2)24-16)6-13(10)21-7-12(18)20/h3-7,9,23H,20H2,1-2H3,(H,21,22). The van der Waals surface area contributed by atoms with Crippen molar-refractivity contribution in [2.75, 3.05) is 11.1 Å². The first-order chi connectivity index (χ1) is 11.9. The minimum atomic E-state index is -0.343. The molecule has 0 amide bonds. The smallest absolute Gasteiger partial charge is 0.238 e. The number of nitrogen functional groups attached to an aromatic ring is 1. The van der Waals surface area contributed by atoms with Gasteiger partial charge in [0.05, 0.1) is 33.8 Å². The van der Waals surface area contributed by atoms with Crippen LogP contribution < -0.4 is 20.5 Å². The number of nitrogens with two attached hydrogens (primary N) is 1. The fourth-order valence-corrected chi connectivity index (χ4v) is 3.08. The van der Waals surface area contributed by atoms with Gasteiger partial charge in [0.1, 0.15) is 5.75 Å². The van der Waals surface area contributed by atoms with Crippen molar-refractivity contribution in [1.29, 1.82) is 0 Å². The summed E-state index contributed by atoms with van der Waals surface area (Å²) in [6.45, 7) is 3.60. The van der Waals surface area contributed by atoms with E-state index in [1.165, 1.54) is 0 Å². The number of halogens is 1. The van der Waals surface area contributed by atoms with Gasteiger partial charge >= 0.3 is 0 Å². The Morgan fingerprint density at radius 3 is 2.68 bits per heavy atom. The van der Waals surface area contributed by atoms with E-state index < -0.39 is 0 Å². The topological polar surface area (TPSA) is 89.6 Å². The average molecular weight is 358 g/mol. The van der Waals surface area contributed by atoms with Crippen molar-refractivity contribution in [2.24, 2.45) is 0 Å². The second-order valence-electron chi connectivity index (χ2n) is 5.95. The van der Waals surface area contributed by atoms with E-state index in [0.717, 1.165) is 5.39 Å². The van der Waals surface area contributed by atoms with E-state index >= 15 is 0 Å². The average Bonchev–Trinajstić information content (AvgIpc) is 2.92. The lowest BCUT2D eigenvalue weighted by molar-refractivity contribution is 0.0679. The van der Waals surface area contributed by atoms with Gasteiger partial charge in [0.2, 0.25) is 6.29 Å². The Morgan fingerprint density at radius 2 is 1.92 bits per heavy atom. The third-order valence-corrected chi connectivity index (χ3v) is 4.41. The van der Waals surface area contributed by atoms with Crippen LogP contribution in [0.2, 0.25) is 5.02 Å². The van der Waals surface area contributed by atoms with Crippen molar-refractivity contribution in [2.45, 2.75) is 20.1 Å². The van der Waals surface area contributed by atoms with Gasteiger partial charge in [0, 0.05) is 24.4 Å². The van der Waals surface area contributed by atoms with E-state index in [-0.39, 0.29) is 12.0 Å². The number of anilines is 3. The van der Waals surface area contributed by atoms with Gasteiger partial charge in [-0.15, -0.1) is 0 Å². The molecule has 1 atom stereocenters. The lowest BCUT2D eigenvalue weighted by Crippen LogP contribution is -2.11. The van der Waals surface area contributed by atoms with Crippen molar-refractivity contribution >= 4 is 39.6 Å². The molecule has 0 bridgehead atoms. The van der Waals surface area contributed by atoms with Crippen molar-refractivity contribution < 1.29 is 14.6 Å². The van der Waals surface area contributed by atoms with Gasteiger partial charge < -0.3 is 25.6 Å². The van der Waals surface area contributed by atoms with E-state index in [4.69, 9.17) is 26.8 Å². The molecule has 0 aliphatic carbocycles. The molecule has 0 fully saturated rings. The van der Waals surface area contributed by atoms with Crippen LogP contribution in [0, 0.1) is 6.92 Å². The van der Waals surface area contributed by atoms with Crippen LogP contribution in [0.5, 0.6) is 17.2 Å². The van der Waals surface area contributed by atoms with Crippen molar-refractivity contribution in [3.05, 3.63) is 41.0 Å². The highest BCUT2D eigenvalue weighted by molar-refractivity contribution is 6.33. The Hall–Kier alpha value is -2.86. The number of pyridine rings is 1. The molecule has 7 heteroatoms. The molecule has 0 saturated heterocycles. The van der Waals surface area contributed by atoms with E-state index in [1.807, 2.05) is 19.1 Å². The molecular weight excluding hydrogens is 342 g/mol. The lowest BCUT2D eigenvalue weighted by atomic mass is 10.1. The van der Waals surface area contributed by atoms with Crippen LogP contribution in [-0.4, -0.2) is 16.4 Å². The number of phenols is 1. The van der Waals surface area contributed by atoms with E-state index in [0.29, 0.717) is 44.7 Å². The summed E-state index contributed by atoms with van der Waals surface area (Å²) in [6.07, 6.45) is 1.22. The number of hydrogen-bond donors (Lipinski definition) is 3. The van der Waals surface area contributed by atoms with Gasteiger partial charge in [0.25, 0.3) is 0 Å². The third kappa shape index (κ3) is 2.64. The number of hydrogen-bond acceptors (Lipinski definition) is 6. The summed E-state index contributed by atoms with van der Waals surface area (Å²) in [4.78, 5) is 4.36. The molecule has 0 saturated carbocycles. The molecule has 1 aliphatic heterocycles. The highest BCUT2D eigenvalue weighted by Crippen LogP contribution is 2.42. The Morgan fingerprint density at radius 1 is 1.20 bits per heavy atom. The molecule has 25 heavy (non-hydrogen) atoms. The predicted molar refractivity (Wildman–Crippen MR) is 98.0 cm³/mol. The number of phenolic OH excluding ortho intramolecular Hbond substituents is 1. The van der Waals surface area contributed by atoms with E-state index in [1.54, 1.807) is 25.3 Å². The summed E-state index contributed by atoms with van der Waals surface area (Å²) < 4.78 is 11.2. The van der Waals surface area contributed by atoms with Crippen LogP contribution in [0.3, 0.4) is 0 Å². The Kier molecular flexibility index (Phi) is 3.51. The predicted octanol–water partition coefficient (Wildman–Crippen LogP) is 4.35. The maximum Gasteiger partial charge on any atom is 0.238 e. The summed E-state index contributed by atoms with van der Waals surface area (Å²) in [7, 11) is 0. The normalized spacial score (nSPS) is 15.6. The maximum atomic E-state index is 9.96. The number of fused-ring (bicyclic) bond motifs is 2. The zero-order valence-electron chi connectivity index (χ0n) is 13.6. The second kappa shape index (κ2) is 5.60. The Labute approximate surface area is 149 Å². The molecule has 2 heterocycles. The zero-order valence-corrected chi connectivity index (χ0v) is 14.4. The number of ether oxygens (including phenoxy) is 2. The molecule has 4 N–H and O–H groups in total. The molecule has 128 valence electrons. The summed E-state index contributed by atoms with van der Waals surface area (Å²) in [5.74, 6) is 1.43. The summed E-state index contributed by atoms with van der Waals surface area (Å²) in [5.41, 5.74) is 9.17. The van der Waals surface area contributed by atoms with Gasteiger partial charge in [0.15, 0.2) is 11.5 Å². The number of aromatic hydroxyl groups is 1. The quantitative estimate of drug-likeness (QED) is 0.632. The van der Waals surface area contributed by atoms with Crippen LogP contribution >= 0.6 is 11.6 Å². The molecule has 0 spiro atoms. The first-order valence-electron chi connectivity index (χ1n) is 7.74. The van der Waals surface area contributed by atoms with E-state index in [9.17, 15) is 5.11 Å². The van der Waals surface area contributed by atoms with Gasteiger partial charge in [-0.25, -0.2) is 0 Å². The number of nitrogens with one attached hydrogen (secondary N) is 1. The Bertz CT molecular complexity index is 1010. The molecule has 6 nitrogen and oxygen atoms in total. The van der Waals surface area contributed by atoms with Crippen LogP contribution in [0.25, 0.3) is 10.9 Å². The molecule has 1 unspecified atom stereocenters. The molecule has 2 aromatic carbocycles. The van der Waals surface area contributed by atoms with Crippen LogP contribution in [0.4, 0.5) is 17.1 Å². The largest absolute Gasteiger partial charge is 0.508 e. The molecule has 1 aromatic heterocycles. The summed E-state index contributed by atoms with van der Waals surface area (Å²) in [5, 5.41) is 14.4. The fraction of sp³-hybridized carbons (Fsp3) is 0.167. The minimum Gasteiger partial charge on any atom is -0.508 e. The molecule has 4 rings (SSSR count). The van der Waals surface area contributed by atoms with Crippen molar-refractivity contribution in [3.63, 3.8) is 0 Å². The maximum absolute atomic E-state index is 9.96. The van der Waals surface area contributed by atoms with Crippen molar-refractivity contribution in [3.8, 4) is 17.2 Å². The summed E-state index contributed by atoms with van der Waals surface area (Å²) >= 11 is 6.29. The SMILES string of the molecule is Cc1cc(Cl)c(Nc2c(N)cnc3cc4c(cc23)OC(C)O4)cc1O. The molecule has 1 aliphatic rings. The second-order valence-corrected chi connectivity index (χ2v) is 6.36. The van der Waals surface area contributed by atoms with Crippen LogP contribution in [0.15, 0.2) is 30.5 Å². The van der Waals surface area contributed by atoms with Crippen LogP contribution in [0.1, 0.15) is 12.5 Å². The number of rotatable bonds is 2. The highest BCUT2D eigenvalue weighted by atomic mass is 35.5. The van der Waals surface area contributed by atoms with Gasteiger partial charge in [-0.1, -0.05) is 11.6 Å². The number of nitrogens with zero attached hydrogens (tertiary/aromatic N) is 1. The van der Waals surface area contributed by atoms with E-state index in [2.05, 4.69) is 10.3 Å².